The first-order chi connectivity index (χ1) is 10.8. The average molecular weight is 328 g/mol. The van der Waals surface area contributed by atoms with Crippen molar-refractivity contribution >= 4 is 11.6 Å². The van der Waals surface area contributed by atoms with Crippen LogP contribution in [0.3, 0.4) is 0 Å². The molecule has 0 saturated carbocycles. The Morgan fingerprint density at radius 3 is 2.74 bits per heavy atom. The molecule has 3 heterocycles. The molecule has 1 aliphatic heterocycles. The quantitative estimate of drug-likeness (QED) is 0.628. The molecule has 23 heavy (non-hydrogen) atoms. The first kappa shape index (κ1) is 15.4. The third kappa shape index (κ3) is 2.90. The van der Waals surface area contributed by atoms with E-state index in [9.17, 15) is 22.4 Å². The first-order valence-corrected chi connectivity index (χ1v) is 6.83. The maximum Gasteiger partial charge on any atom is 0.435 e. The van der Waals surface area contributed by atoms with Crippen molar-refractivity contribution < 1.29 is 22.4 Å². The van der Waals surface area contributed by atoms with Crippen molar-refractivity contribution in [2.75, 3.05) is 11.4 Å². The summed E-state index contributed by atoms with van der Waals surface area (Å²) in [5.41, 5.74) is 0.152. The van der Waals surface area contributed by atoms with E-state index in [1.807, 2.05) is 0 Å². The van der Waals surface area contributed by atoms with Crippen LogP contribution >= 0.6 is 0 Å². The number of nitrogens with zero attached hydrogens (tertiary/aromatic N) is 4. The second-order valence-electron chi connectivity index (χ2n) is 5.22. The zero-order chi connectivity index (χ0) is 16.8. The van der Waals surface area contributed by atoms with Crippen molar-refractivity contribution in [1.82, 2.24) is 14.8 Å². The molecule has 0 unspecified atom stereocenters. The summed E-state index contributed by atoms with van der Waals surface area (Å²) in [7, 11) is 0. The number of carbonyl (C=O) groups excluding carboxylic acids is 1. The normalized spacial score (nSPS) is 14.2. The fourth-order valence-electron chi connectivity index (χ4n) is 2.52. The number of hydrogen-bond donors (Lipinski definition) is 0. The van der Waals surface area contributed by atoms with Crippen molar-refractivity contribution in [3.8, 4) is 0 Å². The molecule has 0 saturated heterocycles. The number of anilines is 1. The number of hydrogen-bond acceptors (Lipinski definition) is 3. The van der Waals surface area contributed by atoms with E-state index in [2.05, 4.69) is 10.1 Å². The molecule has 2 aromatic heterocycles. The van der Waals surface area contributed by atoms with Gasteiger partial charge in [0, 0.05) is 18.7 Å². The number of fused-ring (bicyclic) bond motifs is 1. The standard InChI is InChI=1S/C14H12F4N4O/c1-8-6-11(14(16,17)18)20-22(8)7-13(23)21-5-4-9-10(21)2-3-12(15)19-9/h2-3,6H,4-5,7H2,1H3. The molecule has 2 aromatic rings. The molecule has 1 amide bonds. The van der Waals surface area contributed by atoms with E-state index in [1.165, 1.54) is 17.9 Å². The summed E-state index contributed by atoms with van der Waals surface area (Å²) >= 11 is 0. The molecule has 0 N–H and O–H groups in total. The summed E-state index contributed by atoms with van der Waals surface area (Å²) < 4.78 is 52.0. The molecule has 0 aromatic carbocycles. The largest absolute Gasteiger partial charge is 0.435 e. The smallest absolute Gasteiger partial charge is 0.309 e. The Balaban J connectivity index is 1.80. The molecule has 0 atom stereocenters. The molecule has 0 spiro atoms. The highest BCUT2D eigenvalue weighted by molar-refractivity contribution is 5.94. The Hall–Kier alpha value is -2.45. The number of pyridine rings is 1. The van der Waals surface area contributed by atoms with Crippen LogP contribution in [0.2, 0.25) is 0 Å². The van der Waals surface area contributed by atoms with Gasteiger partial charge >= 0.3 is 6.18 Å². The van der Waals surface area contributed by atoms with Gasteiger partial charge in [0.25, 0.3) is 0 Å². The van der Waals surface area contributed by atoms with Crippen LogP contribution in [0.15, 0.2) is 18.2 Å². The molecule has 5 nitrogen and oxygen atoms in total. The number of alkyl halides is 3. The topological polar surface area (TPSA) is 51.0 Å². The Labute approximate surface area is 128 Å². The lowest BCUT2D eigenvalue weighted by atomic mass is 10.3. The Morgan fingerprint density at radius 1 is 1.35 bits per heavy atom. The number of aromatic nitrogens is 3. The van der Waals surface area contributed by atoms with Crippen LogP contribution in [0.4, 0.5) is 23.2 Å². The van der Waals surface area contributed by atoms with Crippen LogP contribution in [-0.2, 0) is 23.9 Å². The van der Waals surface area contributed by atoms with Crippen LogP contribution in [0, 0.1) is 12.9 Å². The van der Waals surface area contributed by atoms with Crippen molar-refractivity contribution in [3.63, 3.8) is 0 Å². The third-order valence-electron chi connectivity index (χ3n) is 3.64. The predicted octanol–water partition coefficient (Wildman–Crippen LogP) is 2.33. The van der Waals surface area contributed by atoms with E-state index in [4.69, 9.17) is 0 Å². The van der Waals surface area contributed by atoms with Gasteiger partial charge in [-0.2, -0.15) is 22.7 Å². The zero-order valence-electron chi connectivity index (χ0n) is 12.1. The number of amides is 1. The fraction of sp³-hybridized carbons (Fsp3) is 0.357. The highest BCUT2D eigenvalue weighted by atomic mass is 19.4. The number of carbonyl (C=O) groups is 1. The minimum atomic E-state index is -4.55. The summed E-state index contributed by atoms with van der Waals surface area (Å²) in [6.07, 6.45) is -4.15. The highest BCUT2D eigenvalue weighted by Crippen LogP contribution is 2.29. The lowest BCUT2D eigenvalue weighted by Gasteiger charge is -2.17. The summed E-state index contributed by atoms with van der Waals surface area (Å²) in [6, 6.07) is 3.48. The third-order valence-corrected chi connectivity index (χ3v) is 3.64. The molecular formula is C14H12F4N4O. The SMILES string of the molecule is Cc1cc(C(F)(F)F)nn1CC(=O)N1CCc2nc(F)ccc21. The van der Waals surface area contributed by atoms with Crippen LogP contribution in [0.5, 0.6) is 0 Å². The fourth-order valence-corrected chi connectivity index (χ4v) is 2.52. The van der Waals surface area contributed by atoms with E-state index >= 15 is 0 Å². The minimum absolute atomic E-state index is 0.238. The second kappa shape index (κ2) is 5.32. The van der Waals surface area contributed by atoms with Gasteiger partial charge in [0.05, 0.1) is 11.4 Å². The van der Waals surface area contributed by atoms with E-state index in [1.54, 1.807) is 0 Å². The maximum atomic E-state index is 13.1. The van der Waals surface area contributed by atoms with Gasteiger partial charge in [0.15, 0.2) is 5.69 Å². The number of aryl methyl sites for hydroxylation is 1. The Bertz CT molecular complexity index is 769. The van der Waals surface area contributed by atoms with Crippen LogP contribution in [0.25, 0.3) is 0 Å². The molecule has 0 fully saturated rings. The molecule has 0 radical (unpaired) electrons. The van der Waals surface area contributed by atoms with Crippen molar-refractivity contribution in [1.29, 1.82) is 0 Å². The molecule has 122 valence electrons. The van der Waals surface area contributed by atoms with Gasteiger partial charge in [-0.05, 0) is 25.1 Å². The summed E-state index contributed by atoms with van der Waals surface area (Å²) in [5, 5.41) is 3.43. The van der Waals surface area contributed by atoms with Gasteiger partial charge in [-0.3, -0.25) is 9.48 Å². The van der Waals surface area contributed by atoms with Gasteiger partial charge in [-0.1, -0.05) is 0 Å². The summed E-state index contributed by atoms with van der Waals surface area (Å²) in [5.74, 6) is -1.05. The number of rotatable bonds is 2. The van der Waals surface area contributed by atoms with Crippen molar-refractivity contribution in [3.05, 3.63) is 41.2 Å². The van der Waals surface area contributed by atoms with E-state index < -0.39 is 23.7 Å². The van der Waals surface area contributed by atoms with Crippen LogP contribution in [-0.4, -0.2) is 27.2 Å². The maximum absolute atomic E-state index is 13.1. The molecular weight excluding hydrogens is 316 g/mol. The molecule has 0 aliphatic carbocycles. The van der Waals surface area contributed by atoms with Gasteiger partial charge in [0.1, 0.15) is 6.54 Å². The van der Waals surface area contributed by atoms with E-state index in [-0.39, 0.29) is 12.2 Å². The minimum Gasteiger partial charge on any atom is -0.309 e. The lowest BCUT2D eigenvalue weighted by Crippen LogP contribution is -2.33. The van der Waals surface area contributed by atoms with Gasteiger partial charge in [-0.25, -0.2) is 4.98 Å². The molecule has 0 bridgehead atoms. The monoisotopic (exact) mass is 328 g/mol. The van der Waals surface area contributed by atoms with Gasteiger partial charge in [0.2, 0.25) is 11.9 Å². The van der Waals surface area contributed by atoms with Gasteiger partial charge in [-0.15, -0.1) is 0 Å². The van der Waals surface area contributed by atoms with Crippen molar-refractivity contribution in [2.45, 2.75) is 26.1 Å². The lowest BCUT2D eigenvalue weighted by molar-refractivity contribution is -0.141. The highest BCUT2D eigenvalue weighted by Gasteiger charge is 2.35. The molecule has 1 aliphatic rings. The average Bonchev–Trinajstić information content (AvgIpc) is 3.02. The van der Waals surface area contributed by atoms with E-state index in [0.29, 0.717) is 24.3 Å². The molecule has 3 rings (SSSR count). The predicted molar refractivity (Wildman–Crippen MR) is 72.2 cm³/mol. The Kier molecular flexibility index (Phi) is 3.57. The molecule has 9 heteroatoms. The van der Waals surface area contributed by atoms with Crippen LogP contribution in [0.1, 0.15) is 17.1 Å². The summed E-state index contributed by atoms with van der Waals surface area (Å²) in [6.45, 7) is 1.44. The van der Waals surface area contributed by atoms with Gasteiger partial charge < -0.3 is 4.90 Å². The van der Waals surface area contributed by atoms with E-state index in [0.717, 1.165) is 16.8 Å². The van der Waals surface area contributed by atoms with Crippen molar-refractivity contribution in [2.24, 2.45) is 0 Å². The second-order valence-corrected chi connectivity index (χ2v) is 5.22. The summed E-state index contributed by atoms with van der Waals surface area (Å²) in [4.78, 5) is 17.4. The Morgan fingerprint density at radius 2 is 2.09 bits per heavy atom. The first-order valence-electron chi connectivity index (χ1n) is 6.83. The number of halogens is 4. The zero-order valence-corrected chi connectivity index (χ0v) is 12.1. The van der Waals surface area contributed by atoms with Crippen LogP contribution < -0.4 is 4.90 Å².